The van der Waals surface area contributed by atoms with Crippen LogP contribution in [0.1, 0.15) is 23.7 Å². The van der Waals surface area contributed by atoms with Gasteiger partial charge in [-0.05, 0) is 48.4 Å². The van der Waals surface area contributed by atoms with E-state index in [0.29, 0.717) is 26.1 Å². The van der Waals surface area contributed by atoms with Crippen molar-refractivity contribution in [3.63, 3.8) is 0 Å². The van der Waals surface area contributed by atoms with Crippen LogP contribution in [0.5, 0.6) is 5.75 Å². The standard InChI is InChI=1S/C28H26BrN3O2/c1-2-8-20-9-3-6-14-26(20)34-16-15-31-25-13-5-4-12-24(25)30-28(31)21-17-27(33)32(19-21)23-11-7-10-22(29)18-23/h2-7,9-14,18,21H,1,8,15-17,19H2. The molecule has 172 valence electrons. The van der Waals surface area contributed by atoms with Crippen molar-refractivity contribution in [1.82, 2.24) is 9.55 Å². The molecule has 3 aromatic carbocycles. The lowest BCUT2D eigenvalue weighted by atomic mass is 10.1. The molecule has 5 nitrogen and oxygen atoms in total. The van der Waals surface area contributed by atoms with Crippen LogP contribution in [-0.4, -0.2) is 28.6 Å². The van der Waals surface area contributed by atoms with Gasteiger partial charge >= 0.3 is 0 Å². The first-order valence-electron chi connectivity index (χ1n) is 11.5. The van der Waals surface area contributed by atoms with E-state index in [4.69, 9.17) is 9.72 Å². The SMILES string of the molecule is C=CCc1ccccc1OCCn1c(C2CC(=O)N(c3cccc(Br)c3)C2)nc2ccccc21. The third-order valence-electron chi connectivity index (χ3n) is 6.20. The second kappa shape index (κ2) is 9.85. The van der Waals surface area contributed by atoms with Crippen molar-refractivity contribution in [3.8, 4) is 5.75 Å². The number of benzene rings is 3. The number of carbonyl (C=O) groups is 1. The normalized spacial score (nSPS) is 15.7. The molecule has 2 heterocycles. The quantitative estimate of drug-likeness (QED) is 0.265. The molecule has 5 rings (SSSR count). The van der Waals surface area contributed by atoms with Crippen LogP contribution < -0.4 is 9.64 Å². The first kappa shape index (κ1) is 22.4. The van der Waals surface area contributed by atoms with Gasteiger partial charge in [0.05, 0.1) is 17.6 Å². The zero-order chi connectivity index (χ0) is 23.5. The van der Waals surface area contributed by atoms with E-state index in [9.17, 15) is 4.79 Å². The van der Waals surface area contributed by atoms with Crippen molar-refractivity contribution in [2.24, 2.45) is 0 Å². The Labute approximate surface area is 207 Å². The molecule has 1 amide bonds. The summed E-state index contributed by atoms with van der Waals surface area (Å²) in [4.78, 5) is 19.8. The third kappa shape index (κ3) is 4.50. The largest absolute Gasteiger partial charge is 0.491 e. The number of halogens is 1. The predicted octanol–water partition coefficient (Wildman–Crippen LogP) is 6.13. The van der Waals surface area contributed by atoms with E-state index in [1.807, 2.05) is 71.6 Å². The summed E-state index contributed by atoms with van der Waals surface area (Å²) in [5.74, 6) is 1.96. The van der Waals surface area contributed by atoms with Crippen LogP contribution in [0, 0.1) is 0 Å². The Morgan fingerprint density at radius 3 is 2.76 bits per heavy atom. The van der Waals surface area contributed by atoms with Gasteiger partial charge in [0.2, 0.25) is 5.91 Å². The maximum absolute atomic E-state index is 12.9. The average Bonchev–Trinajstić information content (AvgIpc) is 3.41. The lowest BCUT2D eigenvalue weighted by Crippen LogP contribution is -2.24. The summed E-state index contributed by atoms with van der Waals surface area (Å²) < 4.78 is 9.35. The lowest BCUT2D eigenvalue weighted by Gasteiger charge is -2.18. The highest BCUT2D eigenvalue weighted by Gasteiger charge is 2.34. The molecular formula is C28H26BrN3O2. The van der Waals surface area contributed by atoms with Gasteiger partial charge in [-0.25, -0.2) is 4.98 Å². The van der Waals surface area contributed by atoms with E-state index < -0.39 is 0 Å². The molecule has 6 heteroatoms. The Balaban J connectivity index is 1.40. The smallest absolute Gasteiger partial charge is 0.227 e. The Morgan fingerprint density at radius 1 is 1.09 bits per heavy atom. The highest BCUT2D eigenvalue weighted by Crippen LogP contribution is 2.34. The van der Waals surface area contributed by atoms with Gasteiger partial charge in [0, 0.05) is 29.0 Å². The van der Waals surface area contributed by atoms with Crippen LogP contribution in [0.2, 0.25) is 0 Å². The number of hydrogen-bond donors (Lipinski definition) is 0. The van der Waals surface area contributed by atoms with Crippen LogP contribution >= 0.6 is 15.9 Å². The number of aromatic nitrogens is 2. The molecule has 1 aromatic heterocycles. The summed E-state index contributed by atoms with van der Waals surface area (Å²) in [6.45, 7) is 5.62. The van der Waals surface area contributed by atoms with E-state index in [1.54, 1.807) is 0 Å². The van der Waals surface area contributed by atoms with Gasteiger partial charge in [0.1, 0.15) is 18.2 Å². The number of imidazole rings is 1. The lowest BCUT2D eigenvalue weighted by molar-refractivity contribution is -0.117. The van der Waals surface area contributed by atoms with Gasteiger partial charge in [-0.3, -0.25) is 4.79 Å². The van der Waals surface area contributed by atoms with Crippen molar-refractivity contribution in [2.45, 2.75) is 25.3 Å². The van der Waals surface area contributed by atoms with Gasteiger partial charge in [-0.15, -0.1) is 6.58 Å². The zero-order valence-electron chi connectivity index (χ0n) is 18.9. The summed E-state index contributed by atoms with van der Waals surface area (Å²) in [6.07, 6.45) is 3.10. The molecule has 1 atom stereocenters. The van der Waals surface area contributed by atoms with E-state index in [0.717, 1.165) is 44.8 Å². The molecule has 1 aliphatic heterocycles. The fourth-order valence-electron chi connectivity index (χ4n) is 4.63. The highest BCUT2D eigenvalue weighted by molar-refractivity contribution is 9.10. The molecule has 0 radical (unpaired) electrons. The number of fused-ring (bicyclic) bond motifs is 1. The molecule has 0 bridgehead atoms. The average molecular weight is 516 g/mol. The van der Waals surface area contributed by atoms with Crippen molar-refractivity contribution in [1.29, 1.82) is 0 Å². The maximum Gasteiger partial charge on any atom is 0.227 e. The van der Waals surface area contributed by atoms with E-state index in [1.165, 1.54) is 0 Å². The van der Waals surface area contributed by atoms with Crippen LogP contribution in [0.25, 0.3) is 11.0 Å². The van der Waals surface area contributed by atoms with Gasteiger partial charge in [0.25, 0.3) is 0 Å². The zero-order valence-corrected chi connectivity index (χ0v) is 20.4. The maximum atomic E-state index is 12.9. The van der Waals surface area contributed by atoms with E-state index in [-0.39, 0.29) is 11.8 Å². The second-order valence-corrected chi connectivity index (χ2v) is 9.36. The number of para-hydroxylation sites is 3. The van der Waals surface area contributed by atoms with Crippen LogP contribution in [0.4, 0.5) is 5.69 Å². The number of amides is 1. The van der Waals surface area contributed by atoms with E-state index >= 15 is 0 Å². The number of rotatable bonds is 8. The van der Waals surface area contributed by atoms with Crippen LogP contribution in [0.15, 0.2) is 89.9 Å². The van der Waals surface area contributed by atoms with Gasteiger partial charge in [-0.2, -0.15) is 0 Å². The summed E-state index contributed by atoms with van der Waals surface area (Å²) in [7, 11) is 0. The van der Waals surface area contributed by atoms with Crippen LogP contribution in [0.3, 0.4) is 0 Å². The summed E-state index contributed by atoms with van der Waals surface area (Å²) in [5, 5.41) is 0. The number of carbonyl (C=O) groups excluding carboxylic acids is 1. The number of anilines is 1. The molecule has 1 unspecified atom stereocenters. The fourth-order valence-corrected chi connectivity index (χ4v) is 5.02. The van der Waals surface area contributed by atoms with E-state index in [2.05, 4.69) is 39.2 Å². The molecule has 34 heavy (non-hydrogen) atoms. The topological polar surface area (TPSA) is 47.4 Å². The molecule has 0 spiro atoms. The number of hydrogen-bond acceptors (Lipinski definition) is 3. The second-order valence-electron chi connectivity index (χ2n) is 8.44. The molecule has 0 saturated carbocycles. The van der Waals surface area contributed by atoms with Crippen molar-refractivity contribution in [2.75, 3.05) is 18.1 Å². The summed E-state index contributed by atoms with van der Waals surface area (Å²) in [5.41, 5.74) is 4.04. The third-order valence-corrected chi connectivity index (χ3v) is 6.70. The molecule has 4 aromatic rings. The van der Waals surface area contributed by atoms with Gasteiger partial charge in [0.15, 0.2) is 0 Å². The molecule has 0 N–H and O–H groups in total. The first-order valence-corrected chi connectivity index (χ1v) is 12.3. The molecule has 1 saturated heterocycles. The van der Waals surface area contributed by atoms with Crippen molar-refractivity contribution < 1.29 is 9.53 Å². The number of ether oxygens (including phenoxy) is 1. The number of allylic oxidation sites excluding steroid dienone is 1. The molecular weight excluding hydrogens is 490 g/mol. The minimum Gasteiger partial charge on any atom is -0.491 e. The monoisotopic (exact) mass is 515 g/mol. The van der Waals surface area contributed by atoms with Crippen molar-refractivity contribution >= 4 is 38.6 Å². The van der Waals surface area contributed by atoms with Crippen molar-refractivity contribution in [3.05, 3.63) is 101 Å². The fraction of sp³-hybridized carbons (Fsp3) is 0.214. The first-order chi connectivity index (χ1) is 16.6. The Hall–Kier alpha value is -3.38. The molecule has 1 aliphatic rings. The Kier molecular flexibility index (Phi) is 6.50. The predicted molar refractivity (Wildman–Crippen MR) is 139 cm³/mol. The molecule has 1 fully saturated rings. The Morgan fingerprint density at radius 2 is 1.91 bits per heavy atom. The minimum atomic E-state index is 0.0203. The molecule has 0 aliphatic carbocycles. The summed E-state index contributed by atoms with van der Waals surface area (Å²) in [6, 6.07) is 24.1. The Bertz CT molecular complexity index is 1350. The van der Waals surface area contributed by atoms with Gasteiger partial charge < -0.3 is 14.2 Å². The number of nitrogens with zero attached hydrogens (tertiary/aromatic N) is 3. The van der Waals surface area contributed by atoms with Crippen LogP contribution in [-0.2, 0) is 17.8 Å². The summed E-state index contributed by atoms with van der Waals surface area (Å²) >= 11 is 3.51. The minimum absolute atomic E-state index is 0.0203. The van der Waals surface area contributed by atoms with Gasteiger partial charge in [-0.1, -0.05) is 58.4 Å². The highest BCUT2D eigenvalue weighted by atomic mass is 79.9.